The van der Waals surface area contributed by atoms with Crippen LogP contribution in [0.4, 0.5) is 5.69 Å². The highest BCUT2D eigenvalue weighted by Gasteiger charge is 2.26. The van der Waals surface area contributed by atoms with Crippen molar-refractivity contribution in [1.29, 1.82) is 0 Å². The van der Waals surface area contributed by atoms with Gasteiger partial charge in [-0.3, -0.25) is 4.79 Å². The summed E-state index contributed by atoms with van der Waals surface area (Å²) in [5, 5.41) is 3.26. The molecule has 1 aliphatic carbocycles. The molecule has 0 unspecified atom stereocenters. The maximum Gasteiger partial charge on any atom is 0.255 e. The lowest BCUT2D eigenvalue weighted by Crippen LogP contribution is -2.29. The molecule has 0 aromatic heterocycles. The van der Waals surface area contributed by atoms with E-state index < -0.39 is 0 Å². The largest absolute Gasteiger partial charge is 0.385 e. The van der Waals surface area contributed by atoms with Gasteiger partial charge in [-0.25, -0.2) is 0 Å². The summed E-state index contributed by atoms with van der Waals surface area (Å²) in [6.07, 6.45) is 2.54. The first kappa shape index (κ1) is 12.9. The Morgan fingerprint density at radius 1 is 1.44 bits per heavy atom. The monoisotopic (exact) mass is 246 g/mol. The predicted molar refractivity (Wildman–Crippen MR) is 75.0 cm³/mol. The predicted octanol–water partition coefficient (Wildman–Crippen LogP) is 2.91. The van der Waals surface area contributed by atoms with Crippen molar-refractivity contribution in [1.82, 2.24) is 4.90 Å². The van der Waals surface area contributed by atoms with E-state index in [-0.39, 0.29) is 5.91 Å². The summed E-state index contributed by atoms with van der Waals surface area (Å²) >= 11 is 0. The van der Waals surface area contributed by atoms with Crippen LogP contribution >= 0.6 is 0 Å². The van der Waals surface area contributed by atoms with E-state index in [1.54, 1.807) is 0 Å². The lowest BCUT2D eigenvalue weighted by atomic mass is 10.1. The van der Waals surface area contributed by atoms with Crippen molar-refractivity contribution < 1.29 is 4.79 Å². The molecule has 1 aromatic carbocycles. The molecule has 0 spiro atoms. The van der Waals surface area contributed by atoms with Crippen LogP contribution in [0.25, 0.3) is 0 Å². The van der Waals surface area contributed by atoms with Gasteiger partial charge in [0, 0.05) is 25.8 Å². The summed E-state index contributed by atoms with van der Waals surface area (Å²) in [5.74, 6) is 0.855. The SMILES string of the molecule is CCNc1ccc(C)cc1C(=O)N(C)CC1CC1. The van der Waals surface area contributed by atoms with Crippen LogP contribution in [-0.4, -0.2) is 30.9 Å². The van der Waals surface area contributed by atoms with Crippen molar-refractivity contribution in [3.8, 4) is 0 Å². The highest BCUT2D eigenvalue weighted by Crippen LogP contribution is 2.30. The average Bonchev–Trinajstić information content (AvgIpc) is 3.14. The average molecular weight is 246 g/mol. The molecule has 2 rings (SSSR count). The third-order valence-corrected chi connectivity index (χ3v) is 3.35. The Hall–Kier alpha value is -1.51. The minimum atomic E-state index is 0.126. The van der Waals surface area contributed by atoms with E-state index in [9.17, 15) is 4.79 Å². The zero-order chi connectivity index (χ0) is 13.1. The highest BCUT2D eigenvalue weighted by atomic mass is 16.2. The number of amides is 1. The Labute approximate surface area is 109 Å². The molecule has 1 saturated carbocycles. The van der Waals surface area contributed by atoms with Crippen LogP contribution in [0.3, 0.4) is 0 Å². The van der Waals surface area contributed by atoms with E-state index >= 15 is 0 Å². The number of aryl methyl sites for hydroxylation is 1. The van der Waals surface area contributed by atoms with Gasteiger partial charge in [0.05, 0.1) is 5.56 Å². The van der Waals surface area contributed by atoms with E-state index in [0.717, 1.165) is 35.8 Å². The van der Waals surface area contributed by atoms with Gasteiger partial charge >= 0.3 is 0 Å². The third kappa shape index (κ3) is 3.03. The Bertz CT molecular complexity index is 438. The lowest BCUT2D eigenvalue weighted by molar-refractivity contribution is 0.0789. The van der Waals surface area contributed by atoms with E-state index in [0.29, 0.717) is 0 Å². The van der Waals surface area contributed by atoms with Gasteiger partial charge in [-0.2, -0.15) is 0 Å². The Morgan fingerprint density at radius 2 is 2.17 bits per heavy atom. The summed E-state index contributed by atoms with van der Waals surface area (Å²) in [6, 6.07) is 6.01. The first-order chi connectivity index (χ1) is 8.61. The van der Waals surface area contributed by atoms with Crippen LogP contribution in [0, 0.1) is 12.8 Å². The number of rotatable bonds is 5. The van der Waals surface area contributed by atoms with Gasteiger partial charge in [-0.15, -0.1) is 0 Å². The van der Waals surface area contributed by atoms with Crippen LogP contribution in [-0.2, 0) is 0 Å². The summed E-state index contributed by atoms with van der Waals surface area (Å²) in [4.78, 5) is 14.3. The molecule has 1 amide bonds. The molecule has 0 heterocycles. The van der Waals surface area contributed by atoms with Crippen LogP contribution in [0.5, 0.6) is 0 Å². The topological polar surface area (TPSA) is 32.3 Å². The lowest BCUT2D eigenvalue weighted by Gasteiger charge is -2.19. The molecule has 0 saturated heterocycles. The van der Waals surface area contributed by atoms with Crippen LogP contribution in [0.2, 0.25) is 0 Å². The van der Waals surface area contributed by atoms with Crippen molar-refractivity contribution >= 4 is 11.6 Å². The van der Waals surface area contributed by atoms with Gasteiger partial charge in [0.15, 0.2) is 0 Å². The number of nitrogens with zero attached hydrogens (tertiary/aromatic N) is 1. The maximum absolute atomic E-state index is 12.4. The summed E-state index contributed by atoms with van der Waals surface area (Å²) < 4.78 is 0. The first-order valence-electron chi connectivity index (χ1n) is 6.71. The van der Waals surface area contributed by atoms with Crippen molar-refractivity contribution in [3.63, 3.8) is 0 Å². The number of carbonyl (C=O) groups excluding carboxylic acids is 1. The number of benzene rings is 1. The number of hydrogen-bond donors (Lipinski definition) is 1. The van der Waals surface area contributed by atoms with E-state index in [4.69, 9.17) is 0 Å². The Kier molecular flexibility index (Phi) is 3.90. The quantitative estimate of drug-likeness (QED) is 0.866. The molecular weight excluding hydrogens is 224 g/mol. The zero-order valence-corrected chi connectivity index (χ0v) is 11.5. The van der Waals surface area contributed by atoms with E-state index in [1.807, 2.05) is 44.0 Å². The fourth-order valence-corrected chi connectivity index (χ4v) is 2.16. The molecular formula is C15H22N2O. The second-order valence-corrected chi connectivity index (χ2v) is 5.21. The fraction of sp³-hybridized carbons (Fsp3) is 0.533. The molecule has 1 aromatic rings. The molecule has 0 atom stereocenters. The molecule has 1 fully saturated rings. The van der Waals surface area contributed by atoms with Crippen molar-refractivity contribution in [2.75, 3.05) is 25.5 Å². The van der Waals surface area contributed by atoms with E-state index in [1.165, 1.54) is 12.8 Å². The van der Waals surface area contributed by atoms with Gasteiger partial charge in [-0.1, -0.05) is 11.6 Å². The van der Waals surface area contributed by atoms with Crippen molar-refractivity contribution in [2.45, 2.75) is 26.7 Å². The molecule has 3 heteroatoms. The molecule has 1 aliphatic rings. The van der Waals surface area contributed by atoms with Crippen molar-refractivity contribution in [2.24, 2.45) is 5.92 Å². The van der Waals surface area contributed by atoms with Crippen LogP contribution in [0.1, 0.15) is 35.7 Å². The summed E-state index contributed by atoms with van der Waals surface area (Å²) in [7, 11) is 1.90. The Balaban J connectivity index is 2.18. The number of hydrogen-bond acceptors (Lipinski definition) is 2. The minimum absolute atomic E-state index is 0.126. The molecule has 0 radical (unpaired) electrons. The standard InChI is InChI=1S/C15H22N2O/c1-4-16-14-8-5-11(2)9-13(14)15(18)17(3)10-12-6-7-12/h5,8-9,12,16H,4,6-7,10H2,1-3H3. The summed E-state index contributed by atoms with van der Waals surface area (Å²) in [6.45, 7) is 5.78. The van der Waals surface area contributed by atoms with Crippen molar-refractivity contribution in [3.05, 3.63) is 29.3 Å². The van der Waals surface area contributed by atoms with Crippen LogP contribution in [0.15, 0.2) is 18.2 Å². The summed E-state index contributed by atoms with van der Waals surface area (Å²) in [5.41, 5.74) is 2.86. The van der Waals surface area contributed by atoms with Gasteiger partial charge < -0.3 is 10.2 Å². The van der Waals surface area contributed by atoms with Gasteiger partial charge in [0.1, 0.15) is 0 Å². The molecule has 3 nitrogen and oxygen atoms in total. The molecule has 18 heavy (non-hydrogen) atoms. The van der Waals surface area contributed by atoms with Gasteiger partial charge in [0.25, 0.3) is 5.91 Å². The normalized spacial score (nSPS) is 14.4. The van der Waals surface area contributed by atoms with E-state index in [2.05, 4.69) is 5.32 Å². The highest BCUT2D eigenvalue weighted by molar-refractivity contribution is 5.99. The molecule has 0 bridgehead atoms. The fourth-order valence-electron chi connectivity index (χ4n) is 2.16. The number of anilines is 1. The number of nitrogens with one attached hydrogen (secondary N) is 1. The van der Waals surface area contributed by atoms with Crippen LogP contribution < -0.4 is 5.32 Å². The molecule has 1 N–H and O–H groups in total. The molecule has 98 valence electrons. The smallest absolute Gasteiger partial charge is 0.255 e. The minimum Gasteiger partial charge on any atom is -0.385 e. The second-order valence-electron chi connectivity index (χ2n) is 5.21. The number of carbonyl (C=O) groups is 1. The molecule has 0 aliphatic heterocycles. The third-order valence-electron chi connectivity index (χ3n) is 3.35. The zero-order valence-electron chi connectivity index (χ0n) is 11.5. The van der Waals surface area contributed by atoms with Gasteiger partial charge in [-0.05, 0) is 44.7 Å². The second kappa shape index (κ2) is 5.42. The first-order valence-corrected chi connectivity index (χ1v) is 6.71. The maximum atomic E-state index is 12.4. The Morgan fingerprint density at radius 3 is 2.78 bits per heavy atom. The van der Waals surface area contributed by atoms with Gasteiger partial charge in [0.2, 0.25) is 0 Å².